The fourth-order valence-corrected chi connectivity index (χ4v) is 2.79. The normalized spacial score (nSPS) is 12.6. The molecule has 0 aliphatic heterocycles. The molecule has 2 aromatic carbocycles. The zero-order chi connectivity index (χ0) is 24.6. The number of nitrogens with one attached hydrogen (secondary N) is 1. The number of benzene rings is 2. The fraction of sp³-hybridized carbons (Fsp3) is 0.211. The Morgan fingerprint density at radius 1 is 0.788 bits per heavy atom. The van der Waals surface area contributed by atoms with Crippen molar-refractivity contribution in [2.24, 2.45) is 0 Å². The van der Waals surface area contributed by atoms with Crippen LogP contribution in [0.3, 0.4) is 0 Å². The SMILES string of the molecule is O=c1c(C(F)(F)F)nnc(Nc2cc(C(F)(F)F)ccc2C(F)(F)F)n1Cc1ccccc1. The second-order valence-corrected chi connectivity index (χ2v) is 6.63. The summed E-state index contributed by atoms with van der Waals surface area (Å²) in [7, 11) is 0. The van der Waals surface area contributed by atoms with E-state index in [0.29, 0.717) is 4.57 Å². The van der Waals surface area contributed by atoms with E-state index in [1.54, 1.807) is 6.07 Å². The van der Waals surface area contributed by atoms with Gasteiger partial charge in [-0.1, -0.05) is 30.3 Å². The number of rotatable bonds is 4. The quantitative estimate of drug-likeness (QED) is 0.500. The zero-order valence-corrected chi connectivity index (χ0v) is 16.0. The van der Waals surface area contributed by atoms with Gasteiger partial charge in [0.2, 0.25) is 11.6 Å². The molecule has 3 rings (SSSR count). The van der Waals surface area contributed by atoms with E-state index in [1.807, 2.05) is 5.32 Å². The highest BCUT2D eigenvalue weighted by Gasteiger charge is 2.39. The molecule has 0 radical (unpaired) electrons. The van der Waals surface area contributed by atoms with Gasteiger partial charge in [0.15, 0.2) is 0 Å². The predicted octanol–water partition coefficient (Wildman–Crippen LogP) is 5.49. The van der Waals surface area contributed by atoms with Gasteiger partial charge >= 0.3 is 18.5 Å². The van der Waals surface area contributed by atoms with Crippen molar-refractivity contribution in [3.8, 4) is 0 Å². The number of anilines is 2. The molecule has 0 atom stereocenters. The Morgan fingerprint density at radius 2 is 1.42 bits per heavy atom. The Kier molecular flexibility index (Phi) is 6.13. The van der Waals surface area contributed by atoms with E-state index in [1.165, 1.54) is 24.3 Å². The van der Waals surface area contributed by atoms with E-state index in [0.717, 1.165) is 0 Å². The van der Waals surface area contributed by atoms with E-state index < -0.39 is 59.1 Å². The van der Waals surface area contributed by atoms with Gasteiger partial charge in [0.25, 0.3) is 5.56 Å². The number of hydrogen-bond donors (Lipinski definition) is 1. The molecule has 1 aromatic heterocycles. The first-order valence-corrected chi connectivity index (χ1v) is 8.82. The number of aromatic nitrogens is 3. The maximum Gasteiger partial charge on any atom is 0.440 e. The first kappa shape index (κ1) is 24.1. The fourth-order valence-electron chi connectivity index (χ4n) is 2.79. The molecule has 33 heavy (non-hydrogen) atoms. The van der Waals surface area contributed by atoms with E-state index in [9.17, 15) is 44.3 Å². The molecule has 14 heteroatoms. The average molecular weight is 482 g/mol. The van der Waals surface area contributed by atoms with E-state index >= 15 is 0 Å². The van der Waals surface area contributed by atoms with Gasteiger partial charge < -0.3 is 5.32 Å². The second kappa shape index (κ2) is 8.41. The first-order chi connectivity index (χ1) is 15.2. The van der Waals surface area contributed by atoms with Gasteiger partial charge in [-0.3, -0.25) is 9.36 Å². The molecule has 0 amide bonds. The second-order valence-electron chi connectivity index (χ2n) is 6.63. The summed E-state index contributed by atoms with van der Waals surface area (Å²) in [5.41, 5.74) is -7.62. The summed E-state index contributed by atoms with van der Waals surface area (Å²) < 4.78 is 119. The predicted molar refractivity (Wildman–Crippen MR) is 96.6 cm³/mol. The molecule has 1 N–H and O–H groups in total. The summed E-state index contributed by atoms with van der Waals surface area (Å²) in [6, 6.07) is 7.83. The summed E-state index contributed by atoms with van der Waals surface area (Å²) in [6.45, 7) is -0.582. The maximum atomic E-state index is 13.4. The molecular formula is C19H11F9N4O. The minimum Gasteiger partial charge on any atom is -0.324 e. The van der Waals surface area contributed by atoms with Crippen molar-refractivity contribution in [1.82, 2.24) is 14.8 Å². The van der Waals surface area contributed by atoms with Crippen molar-refractivity contribution < 1.29 is 39.5 Å². The highest BCUT2D eigenvalue weighted by Crippen LogP contribution is 2.39. The van der Waals surface area contributed by atoms with E-state index in [-0.39, 0.29) is 23.8 Å². The van der Waals surface area contributed by atoms with Crippen LogP contribution >= 0.6 is 0 Å². The smallest absolute Gasteiger partial charge is 0.324 e. The van der Waals surface area contributed by atoms with Crippen molar-refractivity contribution in [3.05, 3.63) is 81.3 Å². The summed E-state index contributed by atoms with van der Waals surface area (Å²) >= 11 is 0. The number of alkyl halides is 9. The van der Waals surface area contributed by atoms with Crippen molar-refractivity contribution in [2.45, 2.75) is 25.1 Å². The Bertz CT molecular complexity index is 1200. The molecule has 0 unspecified atom stereocenters. The molecule has 0 fully saturated rings. The number of halogens is 9. The van der Waals surface area contributed by atoms with Crippen LogP contribution in [0.5, 0.6) is 0 Å². The van der Waals surface area contributed by atoms with Crippen LogP contribution in [0.15, 0.2) is 53.3 Å². The van der Waals surface area contributed by atoms with Gasteiger partial charge in [0, 0.05) is 0 Å². The Hall–Kier alpha value is -3.58. The van der Waals surface area contributed by atoms with E-state index in [4.69, 9.17) is 0 Å². The monoisotopic (exact) mass is 482 g/mol. The minimum atomic E-state index is -5.23. The topological polar surface area (TPSA) is 59.8 Å². The zero-order valence-electron chi connectivity index (χ0n) is 16.0. The largest absolute Gasteiger partial charge is 0.440 e. The highest BCUT2D eigenvalue weighted by atomic mass is 19.4. The van der Waals surface area contributed by atoms with Crippen molar-refractivity contribution in [3.63, 3.8) is 0 Å². The third kappa shape index (κ3) is 5.43. The maximum absolute atomic E-state index is 13.4. The van der Waals surface area contributed by atoms with Crippen LogP contribution < -0.4 is 10.9 Å². The van der Waals surface area contributed by atoms with Crippen LogP contribution in [0.1, 0.15) is 22.4 Å². The van der Waals surface area contributed by atoms with Gasteiger partial charge in [-0.2, -0.15) is 39.5 Å². The number of hydrogen-bond acceptors (Lipinski definition) is 4. The lowest BCUT2D eigenvalue weighted by molar-refractivity contribution is -0.143. The average Bonchev–Trinajstić information content (AvgIpc) is 2.69. The van der Waals surface area contributed by atoms with Crippen LogP contribution in [0.2, 0.25) is 0 Å². The molecule has 0 aliphatic rings. The molecule has 5 nitrogen and oxygen atoms in total. The number of nitrogens with zero attached hydrogens (tertiary/aromatic N) is 3. The van der Waals surface area contributed by atoms with Gasteiger partial charge in [-0.25, -0.2) is 0 Å². The van der Waals surface area contributed by atoms with Crippen molar-refractivity contribution >= 4 is 11.6 Å². The van der Waals surface area contributed by atoms with Crippen LogP contribution in [0.4, 0.5) is 51.1 Å². The molecule has 0 saturated heterocycles. The van der Waals surface area contributed by atoms with E-state index in [2.05, 4.69) is 10.2 Å². The summed E-state index contributed by atoms with van der Waals surface area (Å²) in [6.07, 6.45) is -15.4. The van der Waals surface area contributed by atoms with Crippen LogP contribution in [-0.4, -0.2) is 14.8 Å². The molecule has 1 heterocycles. The van der Waals surface area contributed by atoms with Gasteiger partial charge in [0.1, 0.15) is 0 Å². The lowest BCUT2D eigenvalue weighted by Crippen LogP contribution is -2.33. The van der Waals surface area contributed by atoms with Gasteiger partial charge in [-0.15, -0.1) is 10.2 Å². The van der Waals surface area contributed by atoms with Crippen LogP contribution in [-0.2, 0) is 25.1 Å². The Labute approximate surface area is 178 Å². The Balaban J connectivity index is 2.19. The van der Waals surface area contributed by atoms with Crippen LogP contribution in [0, 0.1) is 0 Å². The molecule has 0 spiro atoms. The molecule has 0 bridgehead atoms. The lowest BCUT2D eigenvalue weighted by atomic mass is 10.1. The van der Waals surface area contributed by atoms with Gasteiger partial charge in [-0.05, 0) is 23.8 Å². The first-order valence-electron chi connectivity index (χ1n) is 8.82. The lowest BCUT2D eigenvalue weighted by Gasteiger charge is -2.19. The van der Waals surface area contributed by atoms with Crippen molar-refractivity contribution in [1.29, 1.82) is 0 Å². The summed E-state index contributed by atoms with van der Waals surface area (Å²) in [4.78, 5) is 12.4. The molecular weight excluding hydrogens is 471 g/mol. The molecule has 0 saturated carbocycles. The molecule has 0 aliphatic carbocycles. The van der Waals surface area contributed by atoms with Crippen LogP contribution in [0.25, 0.3) is 0 Å². The Morgan fingerprint density at radius 3 is 1.97 bits per heavy atom. The third-order valence-corrected chi connectivity index (χ3v) is 4.30. The highest BCUT2D eigenvalue weighted by molar-refractivity contribution is 5.61. The summed E-state index contributed by atoms with van der Waals surface area (Å²) in [5, 5.41) is 7.78. The standard InChI is InChI=1S/C19H11F9N4O/c20-17(21,22)11-6-7-12(18(23,24)25)13(8-11)29-16-31-30-14(19(26,27)28)15(33)32(16)9-10-4-2-1-3-5-10/h1-8H,9H2,(H,29,31). The van der Waals surface area contributed by atoms with Crippen molar-refractivity contribution in [2.75, 3.05) is 5.32 Å². The van der Waals surface area contributed by atoms with Gasteiger partial charge in [0.05, 0.1) is 23.4 Å². The molecule has 3 aromatic rings. The molecule has 176 valence electrons. The minimum absolute atomic E-state index is 0.111. The summed E-state index contributed by atoms with van der Waals surface area (Å²) in [5.74, 6) is -0.915. The third-order valence-electron chi connectivity index (χ3n) is 4.30.